The highest BCUT2D eigenvalue weighted by Gasteiger charge is 2.23. The summed E-state index contributed by atoms with van der Waals surface area (Å²) in [5, 5.41) is 8.79. The van der Waals surface area contributed by atoms with Crippen LogP contribution in [0.3, 0.4) is 0 Å². The van der Waals surface area contributed by atoms with Crippen molar-refractivity contribution in [2.75, 3.05) is 0 Å². The zero-order valence-electron chi connectivity index (χ0n) is 37.4. The molecule has 326 valence electrons. The molecule has 7 nitrogen and oxygen atoms in total. The average Bonchev–Trinajstić information content (AvgIpc) is 4.18. The molecule has 10 aromatic carbocycles. The Hall–Kier alpha value is -9.59. The topological polar surface area (TPSA) is 74.8 Å². The van der Waals surface area contributed by atoms with Crippen molar-refractivity contribution in [3.05, 3.63) is 224 Å². The van der Waals surface area contributed by atoms with Crippen molar-refractivity contribution in [2.45, 2.75) is 0 Å². The lowest BCUT2D eigenvalue weighted by atomic mass is 9.99. The van der Waals surface area contributed by atoms with E-state index in [-0.39, 0.29) is 0 Å². The first-order valence-electron chi connectivity index (χ1n) is 23.5. The average molecular weight is 896 g/mol. The van der Waals surface area contributed by atoms with Gasteiger partial charge in [0.25, 0.3) is 0 Å². The molecule has 0 fully saturated rings. The molecular weight excluding hydrogens is 859 g/mol. The molecule has 0 aliphatic carbocycles. The Morgan fingerprint density at radius 3 is 1.20 bits per heavy atom. The molecule has 0 aliphatic rings. The number of hydrogen-bond donors (Lipinski definition) is 0. The van der Waals surface area contributed by atoms with Gasteiger partial charge in [-0.15, -0.1) is 0 Å². The van der Waals surface area contributed by atoms with Gasteiger partial charge in [0.15, 0.2) is 5.82 Å². The third kappa shape index (κ3) is 5.85. The van der Waals surface area contributed by atoms with Gasteiger partial charge in [-0.05, 0) is 94.0 Å². The number of nitrogens with zero attached hydrogens (tertiary/aromatic N) is 5. The van der Waals surface area contributed by atoms with E-state index >= 15 is 0 Å². The van der Waals surface area contributed by atoms with Crippen molar-refractivity contribution in [2.24, 2.45) is 0 Å². The molecule has 0 saturated carbocycles. The van der Waals surface area contributed by atoms with Gasteiger partial charge in [-0.1, -0.05) is 164 Å². The van der Waals surface area contributed by atoms with Crippen molar-refractivity contribution < 1.29 is 8.83 Å². The Morgan fingerprint density at radius 2 is 0.657 bits per heavy atom. The number of fused-ring (bicyclic) bond motifs is 12. The summed E-state index contributed by atoms with van der Waals surface area (Å²) < 4.78 is 16.9. The van der Waals surface area contributed by atoms with Crippen LogP contribution >= 0.6 is 0 Å². The summed E-state index contributed by atoms with van der Waals surface area (Å²) in [6, 6.07) is 78.7. The van der Waals surface area contributed by atoms with Crippen LogP contribution in [0.15, 0.2) is 233 Å². The van der Waals surface area contributed by atoms with Crippen LogP contribution in [0.2, 0.25) is 0 Å². The van der Waals surface area contributed by atoms with Crippen LogP contribution in [0, 0.1) is 0 Å². The fourth-order valence-corrected chi connectivity index (χ4v) is 10.8. The number of para-hydroxylation sites is 4. The van der Waals surface area contributed by atoms with Gasteiger partial charge in [-0.25, -0.2) is 0 Å². The monoisotopic (exact) mass is 895 g/mol. The number of aromatic nitrogens is 5. The molecule has 0 unspecified atom stereocenters. The van der Waals surface area contributed by atoms with Crippen molar-refractivity contribution in [3.63, 3.8) is 0 Å². The van der Waals surface area contributed by atoms with Crippen LogP contribution in [0.25, 0.3) is 144 Å². The minimum atomic E-state index is 0.516. The molecule has 5 heterocycles. The van der Waals surface area contributed by atoms with Crippen molar-refractivity contribution in [1.82, 2.24) is 24.1 Å². The summed E-state index contributed by atoms with van der Waals surface area (Å²) in [4.78, 5) is 16.6. The first kappa shape index (κ1) is 38.5. The molecule has 0 N–H and O–H groups in total. The fraction of sp³-hybridized carbons (Fsp3) is 0. The standard InChI is InChI=1S/C63H37N5O2/c1-2-14-38(15-3-1)43-16-4-5-21-50(43)61-64-62(67-53-22-10-6-17-44(53)46-30-26-41(36-55(46)67)39-28-32-59-51(34-39)48-19-8-12-24-57(48)69-59)66-63(65-61)68-54-23-11-7-18-45(54)47-31-27-42(37-56(47)68)40-29-33-60-52(35-40)49-20-9-13-25-58(49)70-60/h1-37H. The Bertz CT molecular complexity index is 4360. The van der Waals surface area contributed by atoms with Gasteiger partial charge in [0.1, 0.15) is 22.3 Å². The van der Waals surface area contributed by atoms with Crippen LogP contribution in [-0.4, -0.2) is 24.1 Å². The predicted octanol–water partition coefficient (Wildman–Crippen LogP) is 16.5. The normalized spacial score (nSPS) is 12.0. The van der Waals surface area contributed by atoms with Gasteiger partial charge in [0.2, 0.25) is 11.9 Å². The molecule has 0 atom stereocenters. The largest absolute Gasteiger partial charge is 0.456 e. The second-order valence-corrected chi connectivity index (χ2v) is 18.0. The predicted molar refractivity (Wildman–Crippen MR) is 285 cm³/mol. The summed E-state index contributed by atoms with van der Waals surface area (Å²) in [5.74, 6) is 1.60. The first-order chi connectivity index (χ1) is 34.7. The summed E-state index contributed by atoms with van der Waals surface area (Å²) >= 11 is 0. The molecular formula is C63H37N5O2. The van der Waals surface area contributed by atoms with Crippen molar-refractivity contribution >= 4 is 87.5 Å². The quantitative estimate of drug-likeness (QED) is 0.166. The SMILES string of the molecule is c1ccc(-c2ccccc2-c2nc(-n3c4ccccc4c4ccc(-c5ccc6oc7ccccc7c6c5)cc43)nc(-n3c4ccccc4c4ccc(-c5ccc6oc7ccccc7c6c5)cc43)n2)cc1. The van der Waals surface area contributed by atoms with E-state index < -0.39 is 0 Å². The Morgan fingerprint density at radius 1 is 0.257 bits per heavy atom. The minimum absolute atomic E-state index is 0.516. The second kappa shape index (κ2) is 15.0. The van der Waals surface area contributed by atoms with E-state index in [2.05, 4.69) is 203 Å². The van der Waals surface area contributed by atoms with Gasteiger partial charge >= 0.3 is 0 Å². The lowest BCUT2D eigenvalue weighted by Crippen LogP contribution is -2.10. The molecule has 0 aliphatic heterocycles. The van der Waals surface area contributed by atoms with Crippen molar-refractivity contribution in [1.29, 1.82) is 0 Å². The maximum atomic E-state index is 6.23. The van der Waals surface area contributed by atoms with Gasteiger partial charge in [-0.2, -0.15) is 15.0 Å². The maximum absolute atomic E-state index is 6.23. The molecule has 0 saturated heterocycles. The maximum Gasteiger partial charge on any atom is 0.240 e. The lowest BCUT2D eigenvalue weighted by molar-refractivity contribution is 0.668. The number of hydrogen-bond acceptors (Lipinski definition) is 5. The van der Waals surface area contributed by atoms with Gasteiger partial charge in [0.05, 0.1) is 22.1 Å². The first-order valence-corrected chi connectivity index (χ1v) is 23.5. The zero-order valence-corrected chi connectivity index (χ0v) is 37.4. The van der Waals surface area contributed by atoms with E-state index in [1.54, 1.807) is 0 Å². The van der Waals surface area contributed by atoms with Crippen LogP contribution in [0.4, 0.5) is 0 Å². The number of rotatable bonds is 6. The minimum Gasteiger partial charge on any atom is -0.456 e. The smallest absolute Gasteiger partial charge is 0.240 e. The van der Waals surface area contributed by atoms with Crippen LogP contribution in [-0.2, 0) is 0 Å². The molecule has 5 aromatic heterocycles. The number of furan rings is 2. The van der Waals surface area contributed by atoms with Gasteiger partial charge in [0, 0.05) is 48.7 Å². The summed E-state index contributed by atoms with van der Waals surface area (Å²) in [5.41, 5.74) is 14.8. The van der Waals surface area contributed by atoms with Crippen LogP contribution in [0.1, 0.15) is 0 Å². The van der Waals surface area contributed by atoms with E-state index in [4.69, 9.17) is 23.8 Å². The molecule has 0 radical (unpaired) electrons. The van der Waals surface area contributed by atoms with E-state index in [1.807, 2.05) is 30.3 Å². The van der Waals surface area contributed by atoms with E-state index in [1.165, 1.54) is 0 Å². The van der Waals surface area contributed by atoms with Crippen LogP contribution in [0.5, 0.6) is 0 Å². The van der Waals surface area contributed by atoms with Gasteiger partial charge < -0.3 is 8.83 Å². The molecule has 0 amide bonds. The third-order valence-corrected chi connectivity index (χ3v) is 14.0. The van der Waals surface area contributed by atoms with E-state index in [0.717, 1.165) is 126 Å². The summed E-state index contributed by atoms with van der Waals surface area (Å²) in [7, 11) is 0. The highest BCUT2D eigenvalue weighted by molar-refractivity contribution is 6.13. The fourth-order valence-electron chi connectivity index (χ4n) is 10.8. The molecule has 0 spiro atoms. The Balaban J connectivity index is 0.994. The third-order valence-electron chi connectivity index (χ3n) is 14.0. The summed E-state index contributed by atoms with van der Waals surface area (Å²) in [6.07, 6.45) is 0. The molecule has 7 heteroatoms. The van der Waals surface area contributed by atoms with Gasteiger partial charge in [-0.3, -0.25) is 9.13 Å². The van der Waals surface area contributed by atoms with Crippen LogP contribution < -0.4 is 0 Å². The highest BCUT2D eigenvalue weighted by Crippen LogP contribution is 2.41. The molecule has 70 heavy (non-hydrogen) atoms. The zero-order chi connectivity index (χ0) is 45.9. The summed E-state index contributed by atoms with van der Waals surface area (Å²) in [6.45, 7) is 0. The Kier molecular flexibility index (Phi) is 8.23. The van der Waals surface area contributed by atoms with E-state index in [0.29, 0.717) is 17.7 Å². The molecule has 15 rings (SSSR count). The highest BCUT2D eigenvalue weighted by atomic mass is 16.3. The molecule has 0 bridgehead atoms. The van der Waals surface area contributed by atoms with E-state index in [9.17, 15) is 0 Å². The Labute approximate surface area is 399 Å². The lowest BCUT2D eigenvalue weighted by Gasteiger charge is -2.15. The number of benzene rings is 10. The van der Waals surface area contributed by atoms with Crippen molar-refractivity contribution in [3.8, 4) is 56.7 Å². The second-order valence-electron chi connectivity index (χ2n) is 18.0. The molecule has 15 aromatic rings.